The van der Waals surface area contributed by atoms with Gasteiger partial charge < -0.3 is 10.4 Å². The first kappa shape index (κ1) is 18.8. The van der Waals surface area contributed by atoms with Gasteiger partial charge >= 0.3 is 0 Å². The minimum atomic E-state index is -0.316. The molecule has 27 heavy (non-hydrogen) atoms. The number of amides is 1. The molecule has 0 saturated carbocycles. The second-order valence-corrected chi connectivity index (χ2v) is 6.55. The van der Waals surface area contributed by atoms with Gasteiger partial charge in [0.2, 0.25) is 5.91 Å². The van der Waals surface area contributed by atoms with E-state index in [4.69, 9.17) is 0 Å². The van der Waals surface area contributed by atoms with E-state index in [9.17, 15) is 14.7 Å². The maximum atomic E-state index is 12.7. The molecule has 1 atom stereocenters. The Labute approximate surface area is 156 Å². The van der Waals surface area contributed by atoms with E-state index in [1.54, 1.807) is 6.92 Å². The van der Waals surface area contributed by atoms with Crippen LogP contribution in [0.1, 0.15) is 35.3 Å². The number of nitrogens with one attached hydrogen (secondary N) is 1. The van der Waals surface area contributed by atoms with Gasteiger partial charge in [-0.3, -0.25) is 14.3 Å². The van der Waals surface area contributed by atoms with E-state index < -0.39 is 0 Å². The van der Waals surface area contributed by atoms with E-state index in [0.29, 0.717) is 11.3 Å². The highest BCUT2D eigenvalue weighted by Gasteiger charge is 2.16. The highest BCUT2D eigenvalue weighted by atomic mass is 16.3. The number of fused-ring (bicyclic) bond motifs is 1. The van der Waals surface area contributed by atoms with Gasteiger partial charge in [0.1, 0.15) is 12.9 Å². The van der Waals surface area contributed by atoms with E-state index in [1.807, 2.05) is 38.1 Å². The third-order valence-corrected chi connectivity index (χ3v) is 4.61. The lowest BCUT2D eigenvalue weighted by atomic mass is 10.0. The van der Waals surface area contributed by atoms with Gasteiger partial charge in [0, 0.05) is 18.6 Å². The molecule has 8 nitrogen and oxygen atoms in total. The summed E-state index contributed by atoms with van der Waals surface area (Å²) in [6.45, 7) is 5.42. The number of aliphatic hydroxyl groups excluding tert-OH is 1. The Balaban J connectivity index is 1.84. The number of hydrogen-bond acceptors (Lipinski definition) is 5. The topological polar surface area (TPSA) is 102 Å². The smallest absolute Gasteiger partial charge is 0.277 e. The average Bonchev–Trinajstić information content (AvgIpc) is 3.01. The Kier molecular flexibility index (Phi) is 5.36. The largest absolute Gasteiger partial charge is 0.396 e. The summed E-state index contributed by atoms with van der Waals surface area (Å²) in [6, 6.07) is 7.71. The predicted molar refractivity (Wildman–Crippen MR) is 101 cm³/mol. The molecule has 0 aliphatic rings. The molecule has 0 radical (unpaired) electrons. The Morgan fingerprint density at radius 1 is 1.30 bits per heavy atom. The van der Waals surface area contributed by atoms with Gasteiger partial charge in [-0.1, -0.05) is 24.3 Å². The van der Waals surface area contributed by atoms with Crippen LogP contribution in [-0.4, -0.2) is 36.8 Å². The summed E-state index contributed by atoms with van der Waals surface area (Å²) in [4.78, 5) is 33.6. The predicted octanol–water partition coefficient (Wildman–Crippen LogP) is 0.920. The van der Waals surface area contributed by atoms with Crippen LogP contribution in [0.5, 0.6) is 0 Å². The fourth-order valence-electron chi connectivity index (χ4n) is 3.22. The van der Waals surface area contributed by atoms with Crippen molar-refractivity contribution < 1.29 is 9.90 Å². The quantitative estimate of drug-likeness (QED) is 0.673. The molecule has 0 bridgehead atoms. The number of hydrogen-bond donors (Lipinski definition) is 2. The first-order valence-corrected chi connectivity index (χ1v) is 8.81. The normalized spacial score (nSPS) is 12.3. The Morgan fingerprint density at radius 3 is 2.74 bits per heavy atom. The molecule has 1 amide bonds. The van der Waals surface area contributed by atoms with E-state index >= 15 is 0 Å². The highest BCUT2D eigenvalue weighted by Crippen LogP contribution is 2.16. The molecule has 1 aromatic carbocycles. The third-order valence-electron chi connectivity index (χ3n) is 4.61. The van der Waals surface area contributed by atoms with Crippen molar-refractivity contribution in [3.8, 4) is 0 Å². The Morgan fingerprint density at radius 2 is 2.04 bits per heavy atom. The molecule has 2 heterocycles. The van der Waals surface area contributed by atoms with Crippen LogP contribution in [0.2, 0.25) is 0 Å². The number of rotatable bonds is 6. The third kappa shape index (κ3) is 3.75. The van der Waals surface area contributed by atoms with Crippen LogP contribution in [0.4, 0.5) is 0 Å². The van der Waals surface area contributed by atoms with Gasteiger partial charge in [-0.05, 0) is 31.9 Å². The second-order valence-electron chi connectivity index (χ2n) is 6.55. The number of aliphatic hydroxyl groups is 1. The van der Waals surface area contributed by atoms with E-state index in [0.717, 1.165) is 11.1 Å². The SMILES string of the molecule is Cc1ccccc1C(C)NC(=O)Cn1cnc2nc(C)c(CCO)c(=O)n21. The summed E-state index contributed by atoms with van der Waals surface area (Å²) in [7, 11) is 0. The molecule has 0 aliphatic heterocycles. The van der Waals surface area contributed by atoms with Gasteiger partial charge in [-0.25, -0.2) is 4.98 Å². The molecule has 3 rings (SSSR count). The summed E-state index contributed by atoms with van der Waals surface area (Å²) in [6.07, 6.45) is 1.63. The van der Waals surface area contributed by atoms with Crippen molar-refractivity contribution in [1.29, 1.82) is 0 Å². The van der Waals surface area contributed by atoms with Crippen LogP contribution < -0.4 is 10.9 Å². The Bertz CT molecular complexity index is 1040. The average molecular weight is 369 g/mol. The molecule has 0 spiro atoms. The number of benzene rings is 1. The van der Waals surface area contributed by atoms with Crippen LogP contribution in [0, 0.1) is 13.8 Å². The van der Waals surface area contributed by atoms with Crippen molar-refractivity contribution in [3.63, 3.8) is 0 Å². The van der Waals surface area contributed by atoms with Crippen LogP contribution >= 0.6 is 0 Å². The zero-order valence-corrected chi connectivity index (χ0v) is 15.6. The Hall–Kier alpha value is -3.00. The second kappa shape index (κ2) is 7.71. The number of carbonyl (C=O) groups is 1. The maximum Gasteiger partial charge on any atom is 0.277 e. The van der Waals surface area contributed by atoms with Crippen molar-refractivity contribution in [3.05, 3.63) is 63.3 Å². The van der Waals surface area contributed by atoms with E-state index in [1.165, 1.54) is 15.5 Å². The fraction of sp³-hybridized carbons (Fsp3) is 0.368. The first-order valence-electron chi connectivity index (χ1n) is 8.81. The monoisotopic (exact) mass is 369 g/mol. The number of nitrogens with zero attached hydrogens (tertiary/aromatic N) is 4. The van der Waals surface area contributed by atoms with Crippen molar-refractivity contribution in [2.75, 3.05) is 6.61 Å². The van der Waals surface area contributed by atoms with Crippen LogP contribution in [-0.2, 0) is 17.8 Å². The minimum absolute atomic E-state index is 0.0596. The van der Waals surface area contributed by atoms with Gasteiger partial charge in [0.25, 0.3) is 11.3 Å². The van der Waals surface area contributed by atoms with E-state index in [2.05, 4.69) is 15.3 Å². The van der Waals surface area contributed by atoms with Gasteiger partial charge in [0.05, 0.1) is 11.7 Å². The standard InChI is InChI=1S/C19H23N5O3/c1-12-6-4-5-7-15(12)13(2)21-17(26)10-23-11-20-19-22-14(3)16(8-9-25)18(27)24(19)23/h4-7,11,13,25H,8-10H2,1-3H3,(H,21,26). The molecule has 2 N–H and O–H groups in total. The summed E-state index contributed by atoms with van der Waals surface area (Å²) in [5.74, 6) is 0.000165. The molecule has 142 valence electrons. The molecule has 8 heteroatoms. The molecule has 2 aromatic heterocycles. The summed E-state index contributed by atoms with van der Waals surface area (Å²) >= 11 is 0. The summed E-state index contributed by atoms with van der Waals surface area (Å²) in [5, 5.41) is 12.1. The molecule has 0 fully saturated rings. The lowest BCUT2D eigenvalue weighted by Gasteiger charge is -2.17. The van der Waals surface area contributed by atoms with Gasteiger partial charge in [-0.15, -0.1) is 0 Å². The van der Waals surface area contributed by atoms with E-state index in [-0.39, 0.29) is 42.9 Å². The van der Waals surface area contributed by atoms with Crippen molar-refractivity contribution >= 4 is 11.7 Å². The maximum absolute atomic E-state index is 12.7. The van der Waals surface area contributed by atoms with Crippen LogP contribution in [0.15, 0.2) is 35.4 Å². The van der Waals surface area contributed by atoms with Crippen LogP contribution in [0.25, 0.3) is 5.78 Å². The zero-order chi connectivity index (χ0) is 19.6. The highest BCUT2D eigenvalue weighted by molar-refractivity contribution is 5.76. The van der Waals surface area contributed by atoms with Crippen LogP contribution in [0.3, 0.4) is 0 Å². The van der Waals surface area contributed by atoms with Gasteiger partial charge in [0.15, 0.2) is 0 Å². The molecule has 3 aromatic rings. The fourth-order valence-corrected chi connectivity index (χ4v) is 3.22. The summed E-state index contributed by atoms with van der Waals surface area (Å²) in [5.41, 5.74) is 2.79. The zero-order valence-electron chi connectivity index (χ0n) is 15.6. The number of aryl methyl sites for hydroxylation is 2. The summed E-state index contributed by atoms with van der Waals surface area (Å²) < 4.78 is 2.71. The van der Waals surface area contributed by atoms with Crippen molar-refractivity contribution in [1.82, 2.24) is 24.5 Å². The first-order chi connectivity index (χ1) is 12.9. The molecule has 0 saturated heterocycles. The minimum Gasteiger partial charge on any atom is -0.396 e. The molecular weight excluding hydrogens is 346 g/mol. The number of carbonyl (C=O) groups excluding carboxylic acids is 1. The molecule has 0 aliphatic carbocycles. The lowest BCUT2D eigenvalue weighted by molar-refractivity contribution is -0.122. The molecule has 1 unspecified atom stereocenters. The van der Waals surface area contributed by atoms with Crippen molar-refractivity contribution in [2.45, 2.75) is 39.8 Å². The van der Waals surface area contributed by atoms with Crippen molar-refractivity contribution in [2.24, 2.45) is 0 Å². The number of aromatic nitrogens is 4. The lowest BCUT2D eigenvalue weighted by Crippen LogP contribution is -2.34. The molecular formula is C19H23N5O3. The van der Waals surface area contributed by atoms with Gasteiger partial charge in [-0.2, -0.15) is 9.50 Å².